The van der Waals surface area contributed by atoms with Crippen molar-refractivity contribution in [3.8, 4) is 0 Å². The van der Waals surface area contributed by atoms with Gasteiger partial charge in [-0.1, -0.05) is 96.5 Å². The van der Waals surface area contributed by atoms with Crippen LogP contribution in [0.4, 0.5) is 0 Å². The highest BCUT2D eigenvalue weighted by molar-refractivity contribution is 6.30. The number of halogens is 1. The molecular weight excluding hydrogens is 560 g/mol. The number of benzene rings is 4. The summed E-state index contributed by atoms with van der Waals surface area (Å²) in [7, 11) is 0. The maximum absolute atomic E-state index is 13.8. The highest BCUT2D eigenvalue weighted by atomic mass is 35.5. The monoisotopic (exact) mass is 594 g/mol. The standard InChI is InChI=1S/C35H35ClN4O3/c36-29-15-13-25(14-16-29)23-31(27-7-2-1-3-8-27)33(42)40-35(17-19-37-20-18-35)34(43)39-22-21-38-32(41)24-28-11-6-10-26-9-4-5-12-30(26)28/h1-16,23,37H,17-22,24H2,(H,38,41)(H,39,43)(H,40,42)/b31-23+. The molecule has 1 aliphatic heterocycles. The van der Waals surface area contributed by atoms with Crippen molar-refractivity contribution in [2.75, 3.05) is 26.2 Å². The molecule has 0 radical (unpaired) electrons. The molecule has 7 nitrogen and oxygen atoms in total. The van der Waals surface area contributed by atoms with E-state index in [2.05, 4.69) is 21.3 Å². The van der Waals surface area contributed by atoms with Crippen molar-refractivity contribution in [1.29, 1.82) is 0 Å². The molecule has 3 amide bonds. The van der Waals surface area contributed by atoms with Crippen LogP contribution in [0.5, 0.6) is 0 Å². The molecular formula is C35H35ClN4O3. The van der Waals surface area contributed by atoms with Gasteiger partial charge in [0.05, 0.1) is 6.42 Å². The Morgan fingerprint density at radius 2 is 1.47 bits per heavy atom. The van der Waals surface area contributed by atoms with Crippen LogP contribution in [0.3, 0.4) is 0 Å². The van der Waals surface area contributed by atoms with Crippen LogP contribution in [0, 0.1) is 0 Å². The second-order valence-corrected chi connectivity index (χ2v) is 11.1. The van der Waals surface area contributed by atoms with Crippen LogP contribution in [0.2, 0.25) is 5.02 Å². The van der Waals surface area contributed by atoms with E-state index in [-0.39, 0.29) is 37.2 Å². The number of nitrogens with one attached hydrogen (secondary N) is 4. The number of carbonyl (C=O) groups is 3. The molecule has 0 bridgehead atoms. The second-order valence-electron chi connectivity index (χ2n) is 10.7. The van der Waals surface area contributed by atoms with Gasteiger partial charge in [-0.05, 0) is 71.6 Å². The van der Waals surface area contributed by atoms with Gasteiger partial charge in [0, 0.05) is 23.7 Å². The second kappa shape index (κ2) is 14.1. The van der Waals surface area contributed by atoms with Crippen molar-refractivity contribution in [3.63, 3.8) is 0 Å². The van der Waals surface area contributed by atoms with E-state index in [0.29, 0.717) is 36.5 Å². The summed E-state index contributed by atoms with van der Waals surface area (Å²) >= 11 is 6.06. The Morgan fingerprint density at radius 3 is 2.23 bits per heavy atom. The van der Waals surface area contributed by atoms with E-state index in [4.69, 9.17) is 11.6 Å². The van der Waals surface area contributed by atoms with Gasteiger partial charge in [-0.2, -0.15) is 0 Å². The van der Waals surface area contributed by atoms with Crippen molar-refractivity contribution in [2.45, 2.75) is 24.8 Å². The average molecular weight is 595 g/mol. The highest BCUT2D eigenvalue weighted by Gasteiger charge is 2.41. The number of rotatable bonds is 10. The topological polar surface area (TPSA) is 99.3 Å². The molecule has 220 valence electrons. The zero-order valence-corrected chi connectivity index (χ0v) is 24.6. The molecule has 4 aromatic carbocycles. The summed E-state index contributed by atoms with van der Waals surface area (Å²) in [5, 5.41) is 15.0. The Balaban J connectivity index is 1.23. The van der Waals surface area contributed by atoms with E-state index >= 15 is 0 Å². The van der Waals surface area contributed by atoms with Gasteiger partial charge in [0.25, 0.3) is 5.91 Å². The maximum atomic E-state index is 13.8. The van der Waals surface area contributed by atoms with Gasteiger partial charge in [-0.25, -0.2) is 0 Å². The quantitative estimate of drug-likeness (QED) is 0.121. The molecule has 4 N–H and O–H groups in total. The predicted octanol–water partition coefficient (Wildman–Crippen LogP) is 4.75. The summed E-state index contributed by atoms with van der Waals surface area (Å²) < 4.78 is 0. The Bertz CT molecular complexity index is 1610. The zero-order valence-electron chi connectivity index (χ0n) is 23.9. The van der Waals surface area contributed by atoms with Crippen LogP contribution in [0.25, 0.3) is 22.4 Å². The first-order valence-electron chi connectivity index (χ1n) is 14.5. The number of hydrogen-bond acceptors (Lipinski definition) is 4. The summed E-state index contributed by atoms with van der Waals surface area (Å²) in [4.78, 5) is 40.1. The van der Waals surface area contributed by atoms with Gasteiger partial charge >= 0.3 is 0 Å². The largest absolute Gasteiger partial charge is 0.354 e. The van der Waals surface area contributed by atoms with Gasteiger partial charge < -0.3 is 21.3 Å². The molecule has 0 aromatic heterocycles. The number of fused-ring (bicyclic) bond motifs is 1. The van der Waals surface area contributed by atoms with Crippen LogP contribution in [-0.2, 0) is 20.8 Å². The molecule has 4 aromatic rings. The molecule has 1 heterocycles. The Morgan fingerprint density at radius 1 is 0.791 bits per heavy atom. The minimum atomic E-state index is -1.08. The lowest BCUT2D eigenvalue weighted by Crippen LogP contribution is -2.63. The minimum absolute atomic E-state index is 0.115. The lowest BCUT2D eigenvalue weighted by atomic mass is 9.86. The zero-order chi connectivity index (χ0) is 30.1. The van der Waals surface area contributed by atoms with E-state index in [0.717, 1.165) is 27.5 Å². The lowest BCUT2D eigenvalue weighted by molar-refractivity contribution is -0.133. The highest BCUT2D eigenvalue weighted by Crippen LogP contribution is 2.24. The van der Waals surface area contributed by atoms with Crippen LogP contribution in [0.1, 0.15) is 29.5 Å². The average Bonchev–Trinajstić information content (AvgIpc) is 3.03. The summed E-state index contributed by atoms with van der Waals surface area (Å²) in [6, 6.07) is 30.5. The van der Waals surface area contributed by atoms with Crippen LogP contribution in [-0.4, -0.2) is 49.4 Å². The summed E-state index contributed by atoms with van der Waals surface area (Å²) in [6.07, 6.45) is 2.95. The predicted molar refractivity (Wildman–Crippen MR) is 172 cm³/mol. The SMILES string of the molecule is O=C(Cc1cccc2ccccc12)NCCNC(=O)C1(NC(=O)/C(=C/c2ccc(Cl)cc2)c2ccccc2)CCNCC1. The third-order valence-corrected chi connectivity index (χ3v) is 7.97. The normalized spacial score (nSPS) is 14.6. The third-order valence-electron chi connectivity index (χ3n) is 7.72. The van der Waals surface area contributed by atoms with Crippen molar-refractivity contribution in [1.82, 2.24) is 21.3 Å². The fourth-order valence-corrected chi connectivity index (χ4v) is 5.53. The maximum Gasteiger partial charge on any atom is 0.252 e. The fraction of sp³-hybridized carbons (Fsp3) is 0.229. The molecule has 1 saturated heterocycles. The van der Waals surface area contributed by atoms with Gasteiger partial charge in [0.15, 0.2) is 0 Å². The van der Waals surface area contributed by atoms with Gasteiger partial charge in [-0.15, -0.1) is 0 Å². The Kier molecular flexibility index (Phi) is 9.87. The molecule has 0 unspecified atom stereocenters. The van der Waals surface area contributed by atoms with Crippen LogP contribution < -0.4 is 21.3 Å². The van der Waals surface area contributed by atoms with Crippen molar-refractivity contribution in [3.05, 3.63) is 119 Å². The molecule has 8 heteroatoms. The van der Waals surface area contributed by atoms with Crippen LogP contribution >= 0.6 is 11.6 Å². The number of hydrogen-bond donors (Lipinski definition) is 4. The Labute approximate surface area is 256 Å². The van der Waals surface area contributed by atoms with E-state index in [9.17, 15) is 14.4 Å². The van der Waals surface area contributed by atoms with Gasteiger partial charge in [0.1, 0.15) is 5.54 Å². The first-order valence-corrected chi connectivity index (χ1v) is 14.9. The lowest BCUT2D eigenvalue weighted by Gasteiger charge is -2.37. The van der Waals surface area contributed by atoms with Gasteiger partial charge in [-0.3, -0.25) is 14.4 Å². The molecule has 1 aliphatic rings. The fourth-order valence-electron chi connectivity index (χ4n) is 5.40. The summed E-state index contributed by atoms with van der Waals surface area (Å²) in [5.41, 5.74) is 1.89. The first-order chi connectivity index (χ1) is 20.9. The number of amides is 3. The summed E-state index contributed by atoms with van der Waals surface area (Å²) in [6.45, 7) is 1.72. The molecule has 43 heavy (non-hydrogen) atoms. The first kappa shape index (κ1) is 30.0. The minimum Gasteiger partial charge on any atom is -0.354 e. The molecule has 1 fully saturated rings. The number of carbonyl (C=O) groups excluding carboxylic acids is 3. The van der Waals surface area contributed by atoms with E-state index in [1.165, 1.54) is 0 Å². The smallest absolute Gasteiger partial charge is 0.252 e. The van der Waals surface area contributed by atoms with Crippen LogP contribution in [0.15, 0.2) is 97.1 Å². The van der Waals surface area contributed by atoms with E-state index in [1.54, 1.807) is 18.2 Å². The van der Waals surface area contributed by atoms with Crippen molar-refractivity contribution < 1.29 is 14.4 Å². The molecule has 5 rings (SSSR count). The summed E-state index contributed by atoms with van der Waals surface area (Å²) in [5.74, 6) is -0.707. The third kappa shape index (κ3) is 7.69. The van der Waals surface area contributed by atoms with Gasteiger partial charge in [0.2, 0.25) is 11.8 Å². The van der Waals surface area contributed by atoms with Crippen molar-refractivity contribution in [2.24, 2.45) is 0 Å². The molecule has 0 spiro atoms. The molecule has 0 saturated carbocycles. The van der Waals surface area contributed by atoms with E-state index < -0.39 is 5.54 Å². The molecule has 0 atom stereocenters. The number of piperidine rings is 1. The van der Waals surface area contributed by atoms with Crippen molar-refractivity contribution >= 4 is 51.7 Å². The Hall–Kier alpha value is -4.46. The van der Waals surface area contributed by atoms with E-state index in [1.807, 2.05) is 84.9 Å². The molecule has 0 aliphatic carbocycles.